The Morgan fingerprint density at radius 3 is 2.46 bits per heavy atom. The predicted octanol–water partition coefficient (Wildman–Crippen LogP) is 5.41. The molecule has 0 bridgehead atoms. The van der Waals surface area contributed by atoms with Gasteiger partial charge in [0.25, 0.3) is 0 Å². The van der Waals surface area contributed by atoms with Crippen LogP contribution in [0.4, 0.5) is 5.13 Å². The van der Waals surface area contributed by atoms with Crippen LogP contribution in [0.2, 0.25) is 0 Å². The number of carbonyl (C=O) groups is 2. The molecule has 0 unspecified atom stereocenters. The molecule has 5 rings (SSSR count). The average molecular weight is 560 g/mol. The van der Waals surface area contributed by atoms with E-state index in [4.69, 9.17) is 4.74 Å². The summed E-state index contributed by atoms with van der Waals surface area (Å²) in [5, 5.41) is 4.23. The number of aromatic amines is 1. The highest BCUT2D eigenvalue weighted by atomic mass is 32.2. The molecule has 8 nitrogen and oxygen atoms in total. The molecule has 0 aliphatic rings. The number of carbonyl (C=O) groups excluding carboxylic acids is 2. The first kappa shape index (κ1) is 26.3. The number of benzene rings is 3. The van der Waals surface area contributed by atoms with Crippen LogP contribution in [0, 0.1) is 6.92 Å². The third-order valence-corrected chi connectivity index (χ3v) is 9.25. The lowest BCUT2D eigenvalue weighted by molar-refractivity contribution is -0.115. The van der Waals surface area contributed by atoms with Crippen molar-refractivity contribution in [3.05, 3.63) is 101 Å². The van der Waals surface area contributed by atoms with Crippen molar-refractivity contribution in [3.63, 3.8) is 0 Å². The molecule has 5 aromatic rings. The summed E-state index contributed by atoms with van der Waals surface area (Å²) >= 11 is 1.19. The zero-order valence-corrected chi connectivity index (χ0v) is 22.8. The molecule has 1 amide bonds. The van der Waals surface area contributed by atoms with E-state index in [1.54, 1.807) is 48.0 Å². The van der Waals surface area contributed by atoms with E-state index in [0.717, 1.165) is 27.6 Å². The fourth-order valence-corrected chi connectivity index (χ4v) is 6.59. The predicted molar refractivity (Wildman–Crippen MR) is 152 cm³/mol. The fraction of sp³-hybridized carbons (Fsp3) is 0.138. The van der Waals surface area contributed by atoms with Gasteiger partial charge in [-0.05, 0) is 42.8 Å². The van der Waals surface area contributed by atoms with Crippen molar-refractivity contribution in [2.75, 3.05) is 12.4 Å². The third kappa shape index (κ3) is 5.47. The van der Waals surface area contributed by atoms with Crippen molar-refractivity contribution in [2.45, 2.75) is 23.5 Å². The molecular weight excluding hydrogens is 534 g/mol. The second-order valence-electron chi connectivity index (χ2n) is 9.01. The molecule has 10 heteroatoms. The third-order valence-electron chi connectivity index (χ3n) is 6.43. The normalized spacial score (nSPS) is 12.3. The van der Waals surface area contributed by atoms with Crippen molar-refractivity contribution in [3.8, 4) is 11.3 Å². The van der Waals surface area contributed by atoms with Crippen molar-refractivity contribution < 1.29 is 22.7 Å². The Balaban J connectivity index is 1.44. The quantitative estimate of drug-likeness (QED) is 0.246. The van der Waals surface area contributed by atoms with E-state index in [0.29, 0.717) is 11.3 Å². The van der Waals surface area contributed by atoms with Gasteiger partial charge < -0.3 is 15.0 Å². The number of amides is 1. The molecule has 0 spiro atoms. The second kappa shape index (κ2) is 10.8. The van der Waals surface area contributed by atoms with Gasteiger partial charge in [0.15, 0.2) is 15.0 Å². The number of H-pyrrole nitrogens is 1. The largest absolute Gasteiger partial charge is 0.465 e. The number of para-hydroxylation sites is 1. The molecule has 0 aliphatic carbocycles. The Morgan fingerprint density at radius 1 is 1.03 bits per heavy atom. The van der Waals surface area contributed by atoms with Crippen LogP contribution in [0.3, 0.4) is 0 Å². The van der Waals surface area contributed by atoms with Crippen molar-refractivity contribution >= 4 is 49.1 Å². The second-order valence-corrected chi connectivity index (χ2v) is 12.0. The van der Waals surface area contributed by atoms with Crippen molar-refractivity contribution in [1.29, 1.82) is 0 Å². The summed E-state index contributed by atoms with van der Waals surface area (Å²) in [5.41, 5.74) is 4.24. The number of nitrogens with one attached hydrogen (secondary N) is 2. The molecule has 198 valence electrons. The van der Waals surface area contributed by atoms with E-state index in [1.165, 1.54) is 30.6 Å². The zero-order chi connectivity index (χ0) is 27.6. The maximum absolute atomic E-state index is 13.8. The van der Waals surface area contributed by atoms with Crippen LogP contribution in [0.1, 0.15) is 21.5 Å². The molecule has 0 fully saturated rings. The molecule has 39 heavy (non-hydrogen) atoms. The van der Waals surface area contributed by atoms with Gasteiger partial charge in [-0.1, -0.05) is 48.0 Å². The minimum absolute atomic E-state index is 0.0146. The number of thiazole rings is 1. The SMILES string of the molecule is COC(=O)c1ccc(-c2csc(NC(=O)[C@H](Cc3c[nH]c4ccccc34)S(=O)(=O)c3ccc(C)cc3)n2)cc1. The lowest BCUT2D eigenvalue weighted by atomic mass is 10.1. The minimum Gasteiger partial charge on any atom is -0.465 e. The molecule has 0 aliphatic heterocycles. The highest BCUT2D eigenvalue weighted by Crippen LogP contribution is 2.28. The summed E-state index contributed by atoms with van der Waals surface area (Å²) in [5.74, 6) is -1.10. The Bertz CT molecular complexity index is 1750. The van der Waals surface area contributed by atoms with Crippen LogP contribution in [-0.2, 0) is 25.8 Å². The molecule has 1 atom stereocenters. The first-order valence-corrected chi connectivity index (χ1v) is 14.5. The topological polar surface area (TPSA) is 118 Å². The molecule has 0 saturated carbocycles. The minimum atomic E-state index is -4.04. The van der Waals surface area contributed by atoms with E-state index in [2.05, 4.69) is 15.3 Å². The van der Waals surface area contributed by atoms with Crippen LogP contribution >= 0.6 is 11.3 Å². The number of nitrogens with zero attached hydrogens (tertiary/aromatic N) is 1. The monoisotopic (exact) mass is 559 g/mol. The highest BCUT2D eigenvalue weighted by molar-refractivity contribution is 7.92. The van der Waals surface area contributed by atoms with Crippen LogP contribution in [0.15, 0.2) is 89.3 Å². The number of esters is 1. The highest BCUT2D eigenvalue weighted by Gasteiger charge is 2.35. The van der Waals surface area contributed by atoms with Crippen molar-refractivity contribution in [2.24, 2.45) is 0 Å². The summed E-state index contributed by atoms with van der Waals surface area (Å²) in [4.78, 5) is 33.0. The number of methoxy groups -OCH3 is 1. The number of rotatable bonds is 8. The number of sulfone groups is 1. The molecule has 2 heterocycles. The van der Waals surface area contributed by atoms with Gasteiger partial charge in [0.05, 0.1) is 23.3 Å². The Kier molecular flexibility index (Phi) is 7.32. The molecule has 0 radical (unpaired) electrons. The number of fused-ring (bicyclic) bond motifs is 1. The summed E-state index contributed by atoms with van der Waals surface area (Å²) in [6.07, 6.45) is 1.73. The Morgan fingerprint density at radius 2 is 1.74 bits per heavy atom. The standard InChI is InChI=1S/C29H25N3O5S2/c1-18-7-13-22(14-8-18)39(35,36)26(15-21-16-30-24-6-4-3-5-23(21)24)27(33)32-29-31-25(17-38-29)19-9-11-20(12-10-19)28(34)37-2/h3-14,16-17,26,30H,15H2,1-2H3,(H,31,32,33)/t26-/m0/s1. The van der Waals surface area contributed by atoms with E-state index in [1.807, 2.05) is 31.2 Å². The number of aromatic nitrogens is 2. The average Bonchev–Trinajstić information content (AvgIpc) is 3.58. The number of ether oxygens (including phenoxy) is 1. The van der Waals surface area contributed by atoms with E-state index in [9.17, 15) is 18.0 Å². The lowest BCUT2D eigenvalue weighted by Crippen LogP contribution is -2.37. The molecule has 0 saturated heterocycles. The fourth-order valence-electron chi connectivity index (χ4n) is 4.28. The van der Waals surface area contributed by atoms with Crippen LogP contribution < -0.4 is 5.32 Å². The number of anilines is 1. The van der Waals surface area contributed by atoms with Gasteiger partial charge >= 0.3 is 5.97 Å². The molecule has 2 aromatic heterocycles. The molecular formula is C29H25N3O5S2. The summed E-state index contributed by atoms with van der Waals surface area (Å²) < 4.78 is 32.2. The molecule has 3 aromatic carbocycles. The van der Waals surface area contributed by atoms with Gasteiger partial charge in [-0.25, -0.2) is 18.2 Å². The summed E-state index contributed by atoms with van der Waals surface area (Å²) in [6, 6.07) is 20.8. The lowest BCUT2D eigenvalue weighted by Gasteiger charge is -2.17. The van der Waals surface area contributed by atoms with Gasteiger partial charge in [0.2, 0.25) is 5.91 Å². The summed E-state index contributed by atoms with van der Waals surface area (Å²) in [7, 11) is -2.72. The summed E-state index contributed by atoms with van der Waals surface area (Å²) in [6.45, 7) is 1.87. The van der Waals surface area contributed by atoms with Crippen LogP contribution in [0.5, 0.6) is 0 Å². The van der Waals surface area contributed by atoms with Gasteiger partial charge in [-0.2, -0.15) is 0 Å². The van der Waals surface area contributed by atoms with Crippen LogP contribution in [-0.4, -0.2) is 42.6 Å². The van der Waals surface area contributed by atoms with E-state index < -0.39 is 27.0 Å². The van der Waals surface area contributed by atoms with Gasteiger partial charge in [0, 0.05) is 34.5 Å². The van der Waals surface area contributed by atoms with Gasteiger partial charge in [-0.3, -0.25) is 4.79 Å². The van der Waals surface area contributed by atoms with Gasteiger partial charge in [0.1, 0.15) is 5.25 Å². The first-order valence-electron chi connectivity index (χ1n) is 12.1. The Hall–Kier alpha value is -4.28. The number of hydrogen-bond donors (Lipinski definition) is 2. The smallest absolute Gasteiger partial charge is 0.337 e. The zero-order valence-electron chi connectivity index (χ0n) is 21.2. The first-order chi connectivity index (χ1) is 18.8. The van der Waals surface area contributed by atoms with Crippen LogP contribution in [0.25, 0.3) is 22.2 Å². The maximum Gasteiger partial charge on any atom is 0.337 e. The van der Waals surface area contributed by atoms with Crippen molar-refractivity contribution in [1.82, 2.24) is 9.97 Å². The van der Waals surface area contributed by atoms with Gasteiger partial charge in [-0.15, -0.1) is 11.3 Å². The Labute approximate surface area is 229 Å². The number of hydrogen-bond acceptors (Lipinski definition) is 7. The number of aryl methyl sites for hydroxylation is 1. The van der Waals surface area contributed by atoms with E-state index >= 15 is 0 Å². The van der Waals surface area contributed by atoms with E-state index in [-0.39, 0.29) is 16.4 Å². The maximum atomic E-state index is 13.8. The molecule has 2 N–H and O–H groups in total.